The average Bonchev–Trinajstić information content (AvgIpc) is 2.46. The van der Waals surface area contributed by atoms with Gasteiger partial charge in [0.2, 0.25) is 0 Å². The molecule has 0 spiro atoms. The van der Waals surface area contributed by atoms with E-state index in [2.05, 4.69) is 0 Å². The first-order valence-corrected chi connectivity index (χ1v) is 6.55. The molecule has 0 heterocycles. The first kappa shape index (κ1) is 13.7. The Kier molecular flexibility index (Phi) is 4.32. The molecular weight excluding hydrogens is 242 g/mol. The maximum absolute atomic E-state index is 11.9. The SMILES string of the molecule is CON(C)C(=O)c1ccc(C2CCCC(=O)C2)cc1. The van der Waals surface area contributed by atoms with Crippen molar-refractivity contribution in [3.05, 3.63) is 35.4 Å². The summed E-state index contributed by atoms with van der Waals surface area (Å²) in [7, 11) is 3.04. The summed E-state index contributed by atoms with van der Waals surface area (Å²) in [6, 6.07) is 7.48. The van der Waals surface area contributed by atoms with Gasteiger partial charge >= 0.3 is 0 Å². The Morgan fingerprint density at radius 2 is 2.00 bits per heavy atom. The fourth-order valence-corrected chi connectivity index (χ4v) is 2.47. The summed E-state index contributed by atoms with van der Waals surface area (Å²) in [5.74, 6) is 0.481. The van der Waals surface area contributed by atoms with E-state index in [4.69, 9.17) is 4.84 Å². The molecule has 4 heteroatoms. The van der Waals surface area contributed by atoms with Crippen molar-refractivity contribution in [3.63, 3.8) is 0 Å². The van der Waals surface area contributed by atoms with Crippen LogP contribution in [0.5, 0.6) is 0 Å². The standard InChI is InChI=1S/C15H19NO3/c1-16(19-2)15(18)12-8-6-11(7-9-12)13-4-3-5-14(17)10-13/h6-9,13H,3-5,10H2,1-2H3. The summed E-state index contributed by atoms with van der Waals surface area (Å²) >= 11 is 0. The van der Waals surface area contributed by atoms with E-state index < -0.39 is 0 Å². The van der Waals surface area contributed by atoms with Crippen LogP contribution >= 0.6 is 0 Å². The Morgan fingerprint density at radius 3 is 2.58 bits per heavy atom. The van der Waals surface area contributed by atoms with E-state index in [1.807, 2.05) is 12.1 Å². The van der Waals surface area contributed by atoms with Crippen molar-refractivity contribution < 1.29 is 14.4 Å². The second-order valence-electron chi connectivity index (χ2n) is 4.94. The molecule has 2 rings (SSSR count). The molecule has 0 radical (unpaired) electrons. The molecule has 1 aliphatic rings. The quantitative estimate of drug-likeness (QED) is 0.785. The third-order valence-corrected chi connectivity index (χ3v) is 3.67. The lowest BCUT2D eigenvalue weighted by Crippen LogP contribution is -2.25. The predicted molar refractivity (Wildman–Crippen MR) is 71.8 cm³/mol. The molecule has 19 heavy (non-hydrogen) atoms. The molecule has 1 aromatic rings. The van der Waals surface area contributed by atoms with E-state index in [1.165, 1.54) is 12.2 Å². The summed E-state index contributed by atoms with van der Waals surface area (Å²) in [6.45, 7) is 0. The van der Waals surface area contributed by atoms with Crippen LogP contribution in [0.4, 0.5) is 0 Å². The van der Waals surface area contributed by atoms with Crippen LogP contribution in [-0.4, -0.2) is 30.9 Å². The van der Waals surface area contributed by atoms with E-state index in [0.29, 0.717) is 30.1 Å². The van der Waals surface area contributed by atoms with E-state index in [1.54, 1.807) is 19.2 Å². The number of hydrogen-bond donors (Lipinski definition) is 0. The number of carbonyl (C=O) groups excluding carboxylic acids is 2. The van der Waals surface area contributed by atoms with Crippen LogP contribution in [0.2, 0.25) is 0 Å². The van der Waals surface area contributed by atoms with Crippen LogP contribution in [0.25, 0.3) is 0 Å². The van der Waals surface area contributed by atoms with Gasteiger partial charge in [0.25, 0.3) is 5.91 Å². The summed E-state index contributed by atoms with van der Waals surface area (Å²) in [4.78, 5) is 28.2. The van der Waals surface area contributed by atoms with Gasteiger partial charge in [-0.05, 0) is 36.5 Å². The van der Waals surface area contributed by atoms with Gasteiger partial charge in [-0.1, -0.05) is 12.1 Å². The molecule has 1 atom stereocenters. The van der Waals surface area contributed by atoms with Gasteiger partial charge in [-0.15, -0.1) is 0 Å². The van der Waals surface area contributed by atoms with Crippen molar-refractivity contribution >= 4 is 11.7 Å². The third-order valence-electron chi connectivity index (χ3n) is 3.67. The van der Waals surface area contributed by atoms with Gasteiger partial charge in [0.15, 0.2) is 0 Å². The van der Waals surface area contributed by atoms with Crippen LogP contribution in [-0.2, 0) is 9.63 Å². The Hall–Kier alpha value is -1.68. The molecular formula is C15H19NO3. The smallest absolute Gasteiger partial charge is 0.277 e. The number of rotatable bonds is 3. The second-order valence-corrected chi connectivity index (χ2v) is 4.94. The predicted octanol–water partition coefficient (Wildman–Crippen LogP) is 2.55. The molecule has 1 amide bonds. The van der Waals surface area contributed by atoms with Crippen molar-refractivity contribution in [3.8, 4) is 0 Å². The number of nitrogens with zero attached hydrogens (tertiary/aromatic N) is 1. The number of ketones is 1. The highest BCUT2D eigenvalue weighted by Crippen LogP contribution is 2.30. The normalized spacial score (nSPS) is 19.3. The lowest BCUT2D eigenvalue weighted by atomic mass is 9.83. The van der Waals surface area contributed by atoms with E-state index >= 15 is 0 Å². The zero-order chi connectivity index (χ0) is 13.8. The highest BCUT2D eigenvalue weighted by molar-refractivity contribution is 5.93. The molecule has 4 nitrogen and oxygen atoms in total. The molecule has 0 bridgehead atoms. The van der Waals surface area contributed by atoms with Gasteiger partial charge in [0.1, 0.15) is 5.78 Å². The number of hydroxylamine groups is 2. The number of carbonyl (C=O) groups is 2. The van der Waals surface area contributed by atoms with Crippen LogP contribution in [0.3, 0.4) is 0 Å². The van der Waals surface area contributed by atoms with Gasteiger partial charge in [0.05, 0.1) is 7.11 Å². The van der Waals surface area contributed by atoms with Gasteiger partial charge in [-0.2, -0.15) is 0 Å². The second kappa shape index (κ2) is 5.97. The Balaban J connectivity index is 2.10. The molecule has 102 valence electrons. The van der Waals surface area contributed by atoms with Gasteiger partial charge in [-0.3, -0.25) is 14.4 Å². The minimum absolute atomic E-state index is 0.172. The summed E-state index contributed by atoms with van der Waals surface area (Å²) < 4.78 is 0. The van der Waals surface area contributed by atoms with Gasteiger partial charge in [-0.25, -0.2) is 5.06 Å². The fourth-order valence-electron chi connectivity index (χ4n) is 2.47. The van der Waals surface area contributed by atoms with Crippen molar-refractivity contribution in [2.75, 3.05) is 14.2 Å². The lowest BCUT2D eigenvalue weighted by Gasteiger charge is -2.21. The van der Waals surface area contributed by atoms with E-state index in [-0.39, 0.29) is 5.91 Å². The molecule has 1 fully saturated rings. The molecule has 0 aliphatic heterocycles. The zero-order valence-corrected chi connectivity index (χ0v) is 11.4. The number of benzene rings is 1. The summed E-state index contributed by atoms with van der Waals surface area (Å²) in [5, 5.41) is 1.19. The minimum atomic E-state index is -0.172. The highest BCUT2D eigenvalue weighted by atomic mass is 16.7. The first-order chi connectivity index (χ1) is 9.11. The Labute approximate surface area is 113 Å². The molecule has 1 aliphatic carbocycles. The Morgan fingerprint density at radius 1 is 1.32 bits per heavy atom. The first-order valence-electron chi connectivity index (χ1n) is 6.55. The van der Waals surface area contributed by atoms with Gasteiger partial charge < -0.3 is 0 Å². The number of hydrogen-bond acceptors (Lipinski definition) is 3. The molecule has 1 unspecified atom stereocenters. The summed E-state index contributed by atoms with van der Waals surface area (Å²) in [5.41, 5.74) is 1.74. The molecule has 0 saturated heterocycles. The fraction of sp³-hybridized carbons (Fsp3) is 0.467. The molecule has 0 aromatic heterocycles. The van der Waals surface area contributed by atoms with Crippen molar-refractivity contribution in [2.45, 2.75) is 31.6 Å². The zero-order valence-electron chi connectivity index (χ0n) is 11.4. The van der Waals surface area contributed by atoms with E-state index in [9.17, 15) is 9.59 Å². The maximum atomic E-state index is 11.9. The van der Waals surface area contributed by atoms with Crippen LogP contribution in [0, 0.1) is 0 Å². The minimum Gasteiger partial charge on any atom is -0.300 e. The maximum Gasteiger partial charge on any atom is 0.277 e. The molecule has 1 aromatic carbocycles. The van der Waals surface area contributed by atoms with Crippen LogP contribution in [0.1, 0.15) is 47.5 Å². The monoisotopic (exact) mass is 261 g/mol. The van der Waals surface area contributed by atoms with Crippen molar-refractivity contribution in [2.24, 2.45) is 0 Å². The van der Waals surface area contributed by atoms with Crippen molar-refractivity contribution in [1.82, 2.24) is 5.06 Å². The highest BCUT2D eigenvalue weighted by Gasteiger charge is 2.21. The Bertz CT molecular complexity index is 467. The van der Waals surface area contributed by atoms with Crippen molar-refractivity contribution in [1.29, 1.82) is 0 Å². The third kappa shape index (κ3) is 3.20. The van der Waals surface area contributed by atoms with Crippen LogP contribution in [0.15, 0.2) is 24.3 Å². The molecule has 1 saturated carbocycles. The number of amides is 1. The van der Waals surface area contributed by atoms with E-state index in [0.717, 1.165) is 18.4 Å². The molecule has 0 N–H and O–H groups in total. The largest absolute Gasteiger partial charge is 0.300 e. The topological polar surface area (TPSA) is 46.6 Å². The van der Waals surface area contributed by atoms with Gasteiger partial charge in [0, 0.05) is 25.5 Å². The summed E-state index contributed by atoms with van der Waals surface area (Å²) in [6.07, 6.45) is 3.37. The average molecular weight is 261 g/mol. The van der Waals surface area contributed by atoms with Crippen LogP contribution < -0.4 is 0 Å². The number of Topliss-reactive ketones (excluding diaryl/α,β-unsaturated/α-hetero) is 1. The lowest BCUT2D eigenvalue weighted by molar-refractivity contribution is -0.120.